The highest BCUT2D eigenvalue weighted by molar-refractivity contribution is 7.22. The van der Waals surface area contributed by atoms with Crippen molar-refractivity contribution < 1.29 is 14.6 Å². The SMILES string of the molecule is Cc1cccc2nc(NC(=O)Nc3ccc4c(c3)C=CC(C)(CO)O4)sc12. The average molecular weight is 381 g/mol. The highest BCUT2D eigenvalue weighted by Crippen LogP contribution is 2.33. The predicted molar refractivity (Wildman–Crippen MR) is 109 cm³/mol. The molecule has 2 amide bonds. The number of hydrogen-bond acceptors (Lipinski definition) is 5. The maximum Gasteiger partial charge on any atom is 0.325 e. The summed E-state index contributed by atoms with van der Waals surface area (Å²) in [4.78, 5) is 16.8. The summed E-state index contributed by atoms with van der Waals surface area (Å²) in [6.07, 6.45) is 3.69. The Morgan fingerprint density at radius 2 is 2.15 bits per heavy atom. The van der Waals surface area contributed by atoms with Gasteiger partial charge in [0.05, 0.1) is 16.8 Å². The lowest BCUT2D eigenvalue weighted by atomic mass is 10.0. The normalized spacial score (nSPS) is 18.0. The number of amides is 2. The van der Waals surface area contributed by atoms with Gasteiger partial charge in [0.15, 0.2) is 5.13 Å². The number of aromatic nitrogens is 1. The van der Waals surface area contributed by atoms with Crippen molar-refractivity contribution in [1.29, 1.82) is 0 Å². The van der Waals surface area contributed by atoms with Crippen LogP contribution in [0.2, 0.25) is 0 Å². The Labute approximate surface area is 160 Å². The van der Waals surface area contributed by atoms with Crippen molar-refractivity contribution in [2.24, 2.45) is 0 Å². The molecular formula is C20H19N3O3S. The predicted octanol–water partition coefficient (Wildman–Crippen LogP) is 4.41. The van der Waals surface area contributed by atoms with Crippen LogP contribution in [0.25, 0.3) is 16.3 Å². The molecular weight excluding hydrogens is 362 g/mol. The molecule has 27 heavy (non-hydrogen) atoms. The largest absolute Gasteiger partial charge is 0.480 e. The molecule has 0 spiro atoms. The third kappa shape index (κ3) is 3.51. The van der Waals surface area contributed by atoms with Crippen LogP contribution < -0.4 is 15.4 Å². The van der Waals surface area contributed by atoms with Crippen LogP contribution in [0.15, 0.2) is 42.5 Å². The number of thiazole rings is 1. The van der Waals surface area contributed by atoms with Crippen LogP contribution in [0.1, 0.15) is 18.1 Å². The number of carbonyl (C=O) groups is 1. The first-order valence-corrected chi connectivity index (χ1v) is 9.35. The lowest BCUT2D eigenvalue weighted by molar-refractivity contribution is 0.0641. The summed E-state index contributed by atoms with van der Waals surface area (Å²) in [7, 11) is 0. The Bertz CT molecular complexity index is 1060. The van der Waals surface area contributed by atoms with Crippen LogP contribution in [0, 0.1) is 6.92 Å². The topological polar surface area (TPSA) is 83.5 Å². The van der Waals surface area contributed by atoms with Crippen molar-refractivity contribution in [3.05, 3.63) is 53.6 Å². The summed E-state index contributed by atoms with van der Waals surface area (Å²) >= 11 is 1.45. The van der Waals surface area contributed by atoms with E-state index in [9.17, 15) is 9.90 Å². The number of urea groups is 1. The zero-order chi connectivity index (χ0) is 19.0. The number of fused-ring (bicyclic) bond motifs is 2. The van der Waals surface area contributed by atoms with E-state index in [4.69, 9.17) is 4.74 Å². The summed E-state index contributed by atoms with van der Waals surface area (Å²) in [5.74, 6) is 0.668. The smallest absolute Gasteiger partial charge is 0.325 e. The van der Waals surface area contributed by atoms with Crippen LogP contribution in [0.4, 0.5) is 15.6 Å². The van der Waals surface area contributed by atoms with Crippen molar-refractivity contribution >= 4 is 44.5 Å². The number of nitrogens with zero attached hydrogens (tertiary/aromatic N) is 1. The van der Waals surface area contributed by atoms with Gasteiger partial charge in [-0.15, -0.1) is 0 Å². The second-order valence-corrected chi connectivity index (χ2v) is 7.68. The van der Waals surface area contributed by atoms with Crippen molar-refractivity contribution in [3.63, 3.8) is 0 Å². The van der Waals surface area contributed by atoms with Crippen LogP contribution in [0.5, 0.6) is 5.75 Å². The Balaban J connectivity index is 1.48. The second-order valence-electron chi connectivity index (χ2n) is 6.68. The number of rotatable bonds is 3. The number of aliphatic hydroxyl groups excluding tert-OH is 1. The second kappa shape index (κ2) is 6.68. The highest BCUT2D eigenvalue weighted by atomic mass is 32.1. The van der Waals surface area contributed by atoms with E-state index in [1.54, 1.807) is 12.1 Å². The number of aryl methyl sites for hydroxylation is 1. The van der Waals surface area contributed by atoms with E-state index in [2.05, 4.69) is 15.6 Å². The van der Waals surface area contributed by atoms with E-state index in [0.29, 0.717) is 16.6 Å². The minimum atomic E-state index is -0.718. The molecule has 4 rings (SSSR count). The summed E-state index contributed by atoms with van der Waals surface area (Å²) in [6.45, 7) is 3.73. The van der Waals surface area contributed by atoms with Gasteiger partial charge in [-0.3, -0.25) is 5.32 Å². The quantitative estimate of drug-likeness (QED) is 0.628. The molecule has 0 saturated heterocycles. The van der Waals surface area contributed by atoms with Crippen molar-refractivity contribution in [1.82, 2.24) is 4.98 Å². The molecule has 0 bridgehead atoms. The monoisotopic (exact) mass is 381 g/mol. The van der Waals surface area contributed by atoms with Gasteiger partial charge in [-0.05, 0) is 49.8 Å². The van der Waals surface area contributed by atoms with E-state index in [1.807, 2.05) is 50.3 Å². The Kier molecular flexibility index (Phi) is 4.33. The van der Waals surface area contributed by atoms with E-state index in [0.717, 1.165) is 21.3 Å². The van der Waals surface area contributed by atoms with Gasteiger partial charge >= 0.3 is 6.03 Å². The number of benzene rings is 2. The molecule has 1 aliphatic rings. The molecule has 3 aromatic rings. The van der Waals surface area contributed by atoms with Gasteiger partial charge in [0, 0.05) is 11.3 Å². The number of carbonyl (C=O) groups excluding carboxylic acids is 1. The summed E-state index contributed by atoms with van der Waals surface area (Å²) in [5, 5.41) is 15.6. The first-order valence-electron chi connectivity index (χ1n) is 8.53. The lowest BCUT2D eigenvalue weighted by Gasteiger charge is -2.29. The number of anilines is 2. The third-order valence-corrected chi connectivity index (χ3v) is 5.49. The van der Waals surface area contributed by atoms with Gasteiger partial charge < -0.3 is 15.2 Å². The molecule has 7 heteroatoms. The number of hydrogen-bond donors (Lipinski definition) is 3. The molecule has 2 heterocycles. The van der Waals surface area contributed by atoms with Crippen molar-refractivity contribution in [2.45, 2.75) is 19.4 Å². The van der Waals surface area contributed by atoms with Crippen molar-refractivity contribution in [2.75, 3.05) is 17.2 Å². The molecule has 0 aliphatic carbocycles. The van der Waals surface area contributed by atoms with E-state index in [-0.39, 0.29) is 12.6 Å². The Hall–Kier alpha value is -2.90. The van der Waals surface area contributed by atoms with E-state index < -0.39 is 5.60 Å². The van der Waals surface area contributed by atoms with Gasteiger partial charge in [0.2, 0.25) is 0 Å². The van der Waals surface area contributed by atoms with Crippen LogP contribution >= 0.6 is 11.3 Å². The molecule has 0 saturated carbocycles. The third-order valence-electron chi connectivity index (χ3n) is 4.37. The number of nitrogens with one attached hydrogen (secondary N) is 2. The van der Waals surface area contributed by atoms with Crippen LogP contribution in [-0.2, 0) is 0 Å². The van der Waals surface area contributed by atoms with Crippen LogP contribution in [-0.4, -0.2) is 28.3 Å². The molecule has 138 valence electrons. The molecule has 2 aromatic carbocycles. The fraction of sp³-hybridized carbons (Fsp3) is 0.200. The average Bonchev–Trinajstić information content (AvgIpc) is 3.05. The minimum Gasteiger partial charge on any atom is -0.480 e. The van der Waals surface area contributed by atoms with Gasteiger partial charge in [-0.25, -0.2) is 9.78 Å². The maximum atomic E-state index is 12.3. The van der Waals surface area contributed by atoms with Crippen molar-refractivity contribution in [3.8, 4) is 5.75 Å². The van der Waals surface area contributed by atoms with Gasteiger partial charge in [0.25, 0.3) is 0 Å². The molecule has 1 atom stereocenters. The molecule has 1 unspecified atom stereocenters. The van der Waals surface area contributed by atoms with Gasteiger partial charge in [-0.2, -0.15) is 0 Å². The lowest BCUT2D eigenvalue weighted by Crippen LogP contribution is -2.35. The highest BCUT2D eigenvalue weighted by Gasteiger charge is 2.26. The zero-order valence-corrected chi connectivity index (χ0v) is 15.8. The zero-order valence-electron chi connectivity index (χ0n) is 14.9. The summed E-state index contributed by atoms with van der Waals surface area (Å²) in [6, 6.07) is 10.9. The molecule has 3 N–H and O–H groups in total. The molecule has 1 aliphatic heterocycles. The fourth-order valence-corrected chi connectivity index (χ4v) is 3.81. The fourth-order valence-electron chi connectivity index (χ4n) is 2.89. The first-order chi connectivity index (χ1) is 13.0. The molecule has 1 aromatic heterocycles. The van der Waals surface area contributed by atoms with Gasteiger partial charge in [0.1, 0.15) is 11.4 Å². The first kappa shape index (κ1) is 17.5. The number of ether oxygens (including phenoxy) is 1. The molecule has 0 radical (unpaired) electrons. The number of aliphatic hydroxyl groups is 1. The van der Waals surface area contributed by atoms with E-state index in [1.165, 1.54) is 11.3 Å². The minimum absolute atomic E-state index is 0.104. The maximum absolute atomic E-state index is 12.3. The molecule has 6 nitrogen and oxygen atoms in total. The summed E-state index contributed by atoms with van der Waals surface area (Å²) in [5.41, 5.74) is 2.77. The van der Waals surface area contributed by atoms with Crippen LogP contribution in [0.3, 0.4) is 0 Å². The summed E-state index contributed by atoms with van der Waals surface area (Å²) < 4.78 is 6.86. The Morgan fingerprint density at radius 1 is 1.30 bits per heavy atom. The van der Waals surface area contributed by atoms with E-state index >= 15 is 0 Å². The van der Waals surface area contributed by atoms with Gasteiger partial charge in [-0.1, -0.05) is 29.5 Å². The Morgan fingerprint density at radius 3 is 2.93 bits per heavy atom. The standard InChI is InChI=1S/C20H19N3O3S/c1-12-4-3-5-15-17(12)27-19(22-15)23-18(25)21-14-6-7-16-13(10-14)8-9-20(2,11-24)26-16/h3-10,24H,11H2,1-2H3,(H2,21,22,23,25). The molecule has 0 fully saturated rings.